The normalized spacial score (nSPS) is 12.1. The van der Waals surface area contributed by atoms with Crippen molar-refractivity contribution >= 4 is 5.82 Å². The Bertz CT molecular complexity index is 1150. The van der Waals surface area contributed by atoms with Crippen molar-refractivity contribution in [2.24, 2.45) is 14.1 Å². The summed E-state index contributed by atoms with van der Waals surface area (Å²) in [5, 5.41) is 30.4. The van der Waals surface area contributed by atoms with Crippen molar-refractivity contribution in [3.8, 4) is 33.6 Å². The minimum Gasteiger partial charge on any atom is -0.394 e. The molecule has 0 aliphatic carbocycles. The van der Waals surface area contributed by atoms with E-state index in [0.29, 0.717) is 11.6 Å². The van der Waals surface area contributed by atoms with Crippen LogP contribution in [0.25, 0.3) is 33.6 Å². The minimum absolute atomic E-state index is 0.163. The number of hydrogen-bond acceptors (Lipinski definition) is 7. The maximum Gasteiger partial charge on any atom is 0.161 e. The van der Waals surface area contributed by atoms with Gasteiger partial charge in [0.15, 0.2) is 5.82 Å². The topological polar surface area (TPSA) is 114 Å². The zero-order chi connectivity index (χ0) is 21.1. The van der Waals surface area contributed by atoms with Gasteiger partial charge in [-0.25, -0.2) is 9.97 Å². The summed E-state index contributed by atoms with van der Waals surface area (Å²) in [7, 11) is 3.72. The molecule has 30 heavy (non-hydrogen) atoms. The van der Waals surface area contributed by atoms with Gasteiger partial charge in [0.05, 0.1) is 25.1 Å². The van der Waals surface area contributed by atoms with E-state index >= 15 is 0 Å². The molecule has 0 bridgehead atoms. The number of nitrogens with one attached hydrogen (secondary N) is 1. The standard InChI is InChI=1S/C21H23N7O2/c1-27-11-16(7-24-27)14-4-3-5-15(6-14)20-23-10-19(17-8-25-28(2)12-17)21(26-20)22-9-18(30)13-29/h3-8,10-12,18,29-30H,9,13H2,1-2H3,(H,22,23,26)/t18-/m1/s1. The molecule has 4 aromatic rings. The predicted octanol–water partition coefficient (Wildman–Crippen LogP) is 1.71. The number of nitrogens with zero attached hydrogens (tertiary/aromatic N) is 6. The minimum atomic E-state index is -0.890. The largest absolute Gasteiger partial charge is 0.394 e. The SMILES string of the molecule is Cn1cc(-c2cccc(-c3ncc(-c4cnn(C)c4)c(NC[C@@H](O)CO)n3)c2)cn1. The van der Waals surface area contributed by atoms with Crippen LogP contribution in [0.5, 0.6) is 0 Å². The van der Waals surface area contributed by atoms with E-state index in [9.17, 15) is 5.11 Å². The lowest BCUT2D eigenvalue weighted by molar-refractivity contribution is 0.105. The zero-order valence-corrected chi connectivity index (χ0v) is 16.8. The molecule has 3 aromatic heterocycles. The van der Waals surface area contributed by atoms with E-state index in [1.54, 1.807) is 21.8 Å². The third-order valence-corrected chi connectivity index (χ3v) is 4.68. The number of aromatic nitrogens is 6. The summed E-state index contributed by atoms with van der Waals surface area (Å²) in [5.41, 5.74) is 4.51. The lowest BCUT2D eigenvalue weighted by Crippen LogP contribution is -2.23. The maximum atomic E-state index is 9.76. The third-order valence-electron chi connectivity index (χ3n) is 4.68. The molecule has 0 fully saturated rings. The average Bonchev–Trinajstić information content (AvgIpc) is 3.40. The van der Waals surface area contributed by atoms with E-state index in [4.69, 9.17) is 10.1 Å². The van der Waals surface area contributed by atoms with Crippen LogP contribution < -0.4 is 5.32 Å². The van der Waals surface area contributed by atoms with Gasteiger partial charge >= 0.3 is 0 Å². The fraction of sp³-hybridized carbons (Fsp3) is 0.238. The molecule has 0 amide bonds. The van der Waals surface area contributed by atoms with Gasteiger partial charge in [0.25, 0.3) is 0 Å². The van der Waals surface area contributed by atoms with Crippen LogP contribution in [-0.2, 0) is 14.1 Å². The van der Waals surface area contributed by atoms with Crippen molar-refractivity contribution in [1.82, 2.24) is 29.5 Å². The van der Waals surface area contributed by atoms with Crippen molar-refractivity contribution in [1.29, 1.82) is 0 Å². The lowest BCUT2D eigenvalue weighted by atomic mass is 10.1. The molecule has 3 N–H and O–H groups in total. The summed E-state index contributed by atoms with van der Waals surface area (Å²) in [6.45, 7) is -0.170. The van der Waals surface area contributed by atoms with Crippen molar-refractivity contribution in [3.63, 3.8) is 0 Å². The summed E-state index contributed by atoms with van der Waals surface area (Å²) in [5.74, 6) is 1.11. The van der Waals surface area contributed by atoms with Crippen LogP contribution in [0.15, 0.2) is 55.2 Å². The Kier molecular flexibility index (Phi) is 5.55. The molecule has 3 heterocycles. The molecule has 0 saturated heterocycles. The van der Waals surface area contributed by atoms with Gasteiger partial charge < -0.3 is 15.5 Å². The first-order valence-corrected chi connectivity index (χ1v) is 9.52. The van der Waals surface area contributed by atoms with E-state index < -0.39 is 6.10 Å². The van der Waals surface area contributed by atoms with Crippen molar-refractivity contribution < 1.29 is 10.2 Å². The number of aryl methyl sites for hydroxylation is 2. The predicted molar refractivity (Wildman–Crippen MR) is 113 cm³/mol. The van der Waals surface area contributed by atoms with E-state index in [1.165, 1.54) is 0 Å². The van der Waals surface area contributed by atoms with Gasteiger partial charge in [-0.2, -0.15) is 10.2 Å². The number of aliphatic hydroxyl groups is 2. The summed E-state index contributed by atoms with van der Waals surface area (Å²) < 4.78 is 3.46. The molecule has 0 spiro atoms. The van der Waals surface area contributed by atoms with Crippen LogP contribution in [0.4, 0.5) is 5.82 Å². The molecule has 1 atom stereocenters. The Morgan fingerprint density at radius 1 is 0.967 bits per heavy atom. The van der Waals surface area contributed by atoms with Gasteiger partial charge in [-0.15, -0.1) is 0 Å². The van der Waals surface area contributed by atoms with Crippen LogP contribution in [0.1, 0.15) is 0 Å². The highest BCUT2D eigenvalue weighted by Crippen LogP contribution is 2.29. The Morgan fingerprint density at radius 2 is 1.67 bits per heavy atom. The van der Waals surface area contributed by atoms with Crippen LogP contribution in [0, 0.1) is 0 Å². The van der Waals surface area contributed by atoms with Crippen LogP contribution in [-0.4, -0.2) is 59.0 Å². The summed E-state index contributed by atoms with van der Waals surface area (Å²) in [6, 6.07) is 7.94. The van der Waals surface area contributed by atoms with Crippen LogP contribution in [0.2, 0.25) is 0 Å². The van der Waals surface area contributed by atoms with E-state index in [1.807, 2.05) is 57.0 Å². The smallest absolute Gasteiger partial charge is 0.161 e. The Hall–Kier alpha value is -3.56. The van der Waals surface area contributed by atoms with Gasteiger partial charge in [0.1, 0.15) is 5.82 Å². The molecule has 0 aliphatic rings. The Morgan fingerprint density at radius 3 is 2.33 bits per heavy atom. The monoisotopic (exact) mass is 405 g/mol. The van der Waals surface area contributed by atoms with E-state index in [-0.39, 0.29) is 13.2 Å². The molecular formula is C21H23N7O2. The average molecular weight is 405 g/mol. The van der Waals surface area contributed by atoms with Crippen molar-refractivity contribution in [2.45, 2.75) is 6.10 Å². The number of benzene rings is 1. The highest BCUT2D eigenvalue weighted by molar-refractivity contribution is 5.76. The van der Waals surface area contributed by atoms with Gasteiger partial charge in [0, 0.05) is 61.5 Å². The summed E-state index contributed by atoms with van der Waals surface area (Å²) in [6.07, 6.45) is 8.22. The second-order valence-electron chi connectivity index (χ2n) is 7.06. The molecule has 0 unspecified atom stereocenters. The van der Waals surface area contributed by atoms with E-state index in [2.05, 4.69) is 20.5 Å². The summed E-state index contributed by atoms with van der Waals surface area (Å²) >= 11 is 0. The summed E-state index contributed by atoms with van der Waals surface area (Å²) in [4.78, 5) is 9.26. The molecule has 0 saturated carbocycles. The van der Waals surface area contributed by atoms with Crippen molar-refractivity contribution in [2.75, 3.05) is 18.5 Å². The Labute approximate surface area is 173 Å². The molecule has 9 nitrogen and oxygen atoms in total. The number of rotatable bonds is 7. The first-order chi connectivity index (χ1) is 14.5. The Balaban J connectivity index is 1.72. The fourth-order valence-corrected chi connectivity index (χ4v) is 3.11. The molecule has 1 aromatic carbocycles. The molecular weight excluding hydrogens is 382 g/mol. The molecule has 0 aliphatic heterocycles. The number of anilines is 1. The highest BCUT2D eigenvalue weighted by atomic mass is 16.3. The van der Waals surface area contributed by atoms with Gasteiger partial charge in [-0.05, 0) is 11.6 Å². The quantitative estimate of drug-likeness (QED) is 0.429. The maximum absolute atomic E-state index is 9.76. The second-order valence-corrected chi connectivity index (χ2v) is 7.06. The van der Waals surface area contributed by atoms with Crippen molar-refractivity contribution in [3.05, 3.63) is 55.2 Å². The van der Waals surface area contributed by atoms with Crippen LogP contribution in [0.3, 0.4) is 0 Å². The third kappa shape index (κ3) is 4.22. The molecule has 0 radical (unpaired) electrons. The molecule has 154 valence electrons. The van der Waals surface area contributed by atoms with Crippen LogP contribution >= 0.6 is 0 Å². The second kappa shape index (κ2) is 8.44. The zero-order valence-electron chi connectivity index (χ0n) is 16.8. The molecule has 9 heteroatoms. The first kappa shape index (κ1) is 19.7. The highest BCUT2D eigenvalue weighted by Gasteiger charge is 2.14. The first-order valence-electron chi connectivity index (χ1n) is 9.52. The fourth-order valence-electron chi connectivity index (χ4n) is 3.11. The molecule has 4 rings (SSSR count). The van der Waals surface area contributed by atoms with Gasteiger partial charge in [0.2, 0.25) is 0 Å². The number of hydrogen-bond donors (Lipinski definition) is 3. The van der Waals surface area contributed by atoms with Gasteiger partial charge in [-0.1, -0.05) is 18.2 Å². The van der Waals surface area contributed by atoms with E-state index in [0.717, 1.165) is 27.8 Å². The van der Waals surface area contributed by atoms with Gasteiger partial charge in [-0.3, -0.25) is 9.36 Å². The number of aliphatic hydroxyl groups excluding tert-OH is 2. The lowest BCUT2D eigenvalue weighted by Gasteiger charge is -2.14.